The molecule has 3 aliphatic rings. The molecule has 3 saturated heterocycles. The summed E-state index contributed by atoms with van der Waals surface area (Å²) in [6, 6.07) is 10.1. The lowest BCUT2D eigenvalue weighted by Crippen LogP contribution is -2.42. The van der Waals surface area contributed by atoms with E-state index in [1.54, 1.807) is 0 Å². The number of hydrogen-bond donors (Lipinski definition) is 1. The lowest BCUT2D eigenvalue weighted by Gasteiger charge is -2.29. The van der Waals surface area contributed by atoms with Gasteiger partial charge in [0.2, 0.25) is 5.91 Å². The van der Waals surface area contributed by atoms with Gasteiger partial charge in [-0.2, -0.15) is 0 Å². The van der Waals surface area contributed by atoms with Crippen molar-refractivity contribution >= 4 is 5.91 Å². The quantitative estimate of drug-likeness (QED) is 0.814. The highest BCUT2D eigenvalue weighted by Gasteiger charge is 2.62. The number of carbonyl (C=O) groups is 1. The number of benzene rings is 1. The van der Waals surface area contributed by atoms with Crippen LogP contribution < -0.4 is 5.32 Å². The van der Waals surface area contributed by atoms with Gasteiger partial charge in [0, 0.05) is 44.1 Å². The monoisotopic (exact) mass is 395 g/mol. The molecule has 2 aromatic rings. The van der Waals surface area contributed by atoms with Crippen molar-refractivity contribution in [3.05, 3.63) is 52.9 Å². The highest BCUT2D eigenvalue weighted by molar-refractivity contribution is 5.78. The van der Waals surface area contributed by atoms with E-state index in [1.807, 2.05) is 31.2 Å². The molecule has 6 heteroatoms. The Balaban J connectivity index is 1.20. The molecule has 1 amide bonds. The topological polar surface area (TPSA) is 67.6 Å². The molecule has 1 N–H and O–H groups in total. The standard InChI is InChI=1S/C23H29N3O3/c1-15-5-3-4-6-17(15)10-22(27)24-11-19-20-13-26(12-18-9-16(2)29-25-18)14-23(20)8-7-21(19)28-23/h3-6,9,19-21H,7-8,10-14H2,1-2H3,(H,24,27)/t19-,20+,21+,23+/m0/s1. The van der Waals surface area contributed by atoms with Gasteiger partial charge in [0.15, 0.2) is 0 Å². The van der Waals surface area contributed by atoms with Gasteiger partial charge in [-0.15, -0.1) is 0 Å². The normalized spacial score (nSPS) is 30.6. The number of aryl methyl sites for hydroxylation is 2. The van der Waals surface area contributed by atoms with Crippen LogP contribution in [0.3, 0.4) is 0 Å². The third kappa shape index (κ3) is 3.49. The van der Waals surface area contributed by atoms with Crippen LogP contribution in [-0.2, 0) is 22.5 Å². The van der Waals surface area contributed by atoms with Gasteiger partial charge >= 0.3 is 0 Å². The highest BCUT2D eigenvalue weighted by atomic mass is 16.5. The van der Waals surface area contributed by atoms with Crippen LogP contribution in [0, 0.1) is 25.7 Å². The summed E-state index contributed by atoms with van der Waals surface area (Å²) in [7, 11) is 0. The van der Waals surface area contributed by atoms with Crippen molar-refractivity contribution in [2.45, 2.75) is 51.4 Å². The van der Waals surface area contributed by atoms with Gasteiger partial charge in [-0.05, 0) is 37.8 Å². The fourth-order valence-electron chi connectivity index (χ4n) is 5.68. The Morgan fingerprint density at radius 3 is 3.00 bits per heavy atom. The minimum atomic E-state index is -0.0329. The van der Waals surface area contributed by atoms with Gasteiger partial charge in [-0.25, -0.2) is 0 Å². The molecule has 1 spiro atoms. The van der Waals surface area contributed by atoms with E-state index in [1.165, 1.54) is 5.56 Å². The maximum Gasteiger partial charge on any atom is 0.224 e. The molecule has 2 bridgehead atoms. The fraction of sp³-hybridized carbons (Fsp3) is 0.565. The van der Waals surface area contributed by atoms with Gasteiger partial charge in [0.05, 0.1) is 23.8 Å². The number of likely N-dealkylation sites (tertiary alicyclic amines) is 1. The van der Waals surface area contributed by atoms with E-state index in [2.05, 4.69) is 28.4 Å². The molecule has 5 rings (SSSR count). The average molecular weight is 396 g/mol. The number of nitrogens with zero attached hydrogens (tertiary/aromatic N) is 2. The summed E-state index contributed by atoms with van der Waals surface area (Å²) < 4.78 is 11.7. The molecule has 154 valence electrons. The van der Waals surface area contributed by atoms with E-state index in [0.717, 1.165) is 49.5 Å². The molecule has 3 fully saturated rings. The van der Waals surface area contributed by atoms with E-state index in [0.29, 0.717) is 24.8 Å². The van der Waals surface area contributed by atoms with Gasteiger partial charge < -0.3 is 14.6 Å². The first-order valence-corrected chi connectivity index (χ1v) is 10.7. The largest absolute Gasteiger partial charge is 0.370 e. The SMILES string of the molecule is Cc1cc(CN2C[C@@H]3[C@H](CNC(=O)Cc4ccccc4C)[C@H]4CC[C@]3(C2)O4)no1. The first-order valence-electron chi connectivity index (χ1n) is 10.7. The minimum absolute atomic E-state index is 0.0329. The number of ether oxygens (including phenoxy) is 1. The molecule has 29 heavy (non-hydrogen) atoms. The summed E-state index contributed by atoms with van der Waals surface area (Å²) in [5, 5.41) is 7.34. The van der Waals surface area contributed by atoms with Crippen LogP contribution in [0.5, 0.6) is 0 Å². The number of amides is 1. The second-order valence-corrected chi connectivity index (χ2v) is 9.04. The molecule has 0 aliphatic carbocycles. The Morgan fingerprint density at radius 2 is 2.21 bits per heavy atom. The van der Waals surface area contributed by atoms with Crippen LogP contribution in [0.4, 0.5) is 0 Å². The zero-order valence-electron chi connectivity index (χ0n) is 17.2. The molecule has 6 nitrogen and oxygen atoms in total. The van der Waals surface area contributed by atoms with E-state index < -0.39 is 0 Å². The van der Waals surface area contributed by atoms with Crippen molar-refractivity contribution in [2.24, 2.45) is 11.8 Å². The number of aromatic nitrogens is 1. The van der Waals surface area contributed by atoms with Gasteiger partial charge in [0.1, 0.15) is 5.76 Å². The van der Waals surface area contributed by atoms with E-state index >= 15 is 0 Å². The van der Waals surface area contributed by atoms with E-state index in [-0.39, 0.29) is 17.6 Å². The first kappa shape index (κ1) is 18.8. The van der Waals surface area contributed by atoms with Crippen molar-refractivity contribution in [3.8, 4) is 0 Å². The third-order valence-electron chi connectivity index (χ3n) is 7.06. The Bertz CT molecular complexity index is 910. The maximum atomic E-state index is 12.5. The second kappa shape index (κ2) is 7.26. The van der Waals surface area contributed by atoms with Gasteiger partial charge in [-0.3, -0.25) is 9.69 Å². The molecular weight excluding hydrogens is 366 g/mol. The van der Waals surface area contributed by atoms with Crippen molar-refractivity contribution < 1.29 is 14.1 Å². The minimum Gasteiger partial charge on any atom is -0.370 e. The second-order valence-electron chi connectivity index (χ2n) is 9.04. The Hall–Kier alpha value is -2.18. The Labute approximate surface area is 171 Å². The summed E-state index contributed by atoms with van der Waals surface area (Å²) >= 11 is 0. The molecule has 0 radical (unpaired) electrons. The summed E-state index contributed by atoms with van der Waals surface area (Å²) in [6.07, 6.45) is 2.96. The fourth-order valence-corrected chi connectivity index (χ4v) is 5.68. The van der Waals surface area contributed by atoms with Crippen molar-refractivity contribution in [1.82, 2.24) is 15.4 Å². The number of nitrogens with one attached hydrogen (secondary N) is 1. The van der Waals surface area contributed by atoms with Crippen LogP contribution in [-0.4, -0.2) is 47.3 Å². The van der Waals surface area contributed by atoms with Crippen LogP contribution in [0.15, 0.2) is 34.9 Å². The number of rotatable bonds is 6. The van der Waals surface area contributed by atoms with E-state index in [9.17, 15) is 4.79 Å². The molecule has 4 heterocycles. The molecule has 4 atom stereocenters. The Morgan fingerprint density at radius 1 is 1.34 bits per heavy atom. The lowest BCUT2D eigenvalue weighted by molar-refractivity contribution is -0.120. The summed E-state index contributed by atoms with van der Waals surface area (Å²) in [5.74, 6) is 1.83. The van der Waals surface area contributed by atoms with Crippen molar-refractivity contribution in [3.63, 3.8) is 0 Å². The lowest BCUT2D eigenvalue weighted by atomic mass is 9.73. The van der Waals surface area contributed by atoms with Crippen LogP contribution >= 0.6 is 0 Å². The first-order chi connectivity index (χ1) is 14.0. The molecule has 1 aromatic carbocycles. The van der Waals surface area contributed by atoms with Gasteiger partial charge in [0.25, 0.3) is 0 Å². The van der Waals surface area contributed by atoms with Crippen molar-refractivity contribution in [2.75, 3.05) is 19.6 Å². The molecule has 1 aromatic heterocycles. The number of fused-ring (bicyclic) bond motifs is 1. The average Bonchev–Trinajstić information content (AvgIpc) is 3.43. The van der Waals surface area contributed by atoms with Crippen LogP contribution in [0.1, 0.15) is 35.4 Å². The molecule has 0 saturated carbocycles. The zero-order chi connectivity index (χ0) is 20.0. The summed E-state index contributed by atoms with van der Waals surface area (Å²) in [5.41, 5.74) is 3.21. The third-order valence-corrected chi connectivity index (χ3v) is 7.06. The van der Waals surface area contributed by atoms with E-state index in [4.69, 9.17) is 9.26 Å². The van der Waals surface area contributed by atoms with Gasteiger partial charge in [-0.1, -0.05) is 29.4 Å². The predicted octanol–water partition coefficient (Wildman–Crippen LogP) is 2.63. The van der Waals surface area contributed by atoms with Crippen LogP contribution in [0.25, 0.3) is 0 Å². The highest BCUT2D eigenvalue weighted by Crippen LogP contribution is 2.54. The Kier molecular flexibility index (Phi) is 4.71. The number of carbonyl (C=O) groups excluding carboxylic acids is 1. The molecule has 3 aliphatic heterocycles. The predicted molar refractivity (Wildman–Crippen MR) is 108 cm³/mol. The molecular formula is C23H29N3O3. The molecule has 0 unspecified atom stereocenters. The van der Waals surface area contributed by atoms with Crippen molar-refractivity contribution in [1.29, 1.82) is 0 Å². The maximum absolute atomic E-state index is 12.5. The zero-order valence-corrected chi connectivity index (χ0v) is 17.2. The van der Waals surface area contributed by atoms with Crippen LogP contribution in [0.2, 0.25) is 0 Å². The number of hydrogen-bond acceptors (Lipinski definition) is 5. The summed E-state index contributed by atoms with van der Waals surface area (Å²) in [6.45, 7) is 7.44. The smallest absolute Gasteiger partial charge is 0.224 e. The summed E-state index contributed by atoms with van der Waals surface area (Å²) in [4.78, 5) is 15.0.